The van der Waals surface area contributed by atoms with Gasteiger partial charge in [-0.15, -0.1) is 0 Å². The van der Waals surface area contributed by atoms with Crippen molar-refractivity contribution in [3.05, 3.63) is 78.6 Å². The molecule has 0 bridgehead atoms. The van der Waals surface area contributed by atoms with Crippen molar-refractivity contribution in [2.45, 2.75) is 25.1 Å². The van der Waals surface area contributed by atoms with E-state index in [0.717, 1.165) is 40.8 Å². The van der Waals surface area contributed by atoms with Gasteiger partial charge in [-0.2, -0.15) is 5.10 Å². The Labute approximate surface area is 245 Å². The zero-order chi connectivity index (χ0) is 30.3. The highest BCUT2D eigenvalue weighted by molar-refractivity contribution is 7.90. The Morgan fingerprint density at radius 2 is 1.84 bits per heavy atom. The lowest BCUT2D eigenvalue weighted by Crippen LogP contribution is -2.20. The van der Waals surface area contributed by atoms with Crippen molar-refractivity contribution < 1.29 is 17.6 Å². The zero-order valence-electron chi connectivity index (χ0n) is 23.2. The summed E-state index contributed by atoms with van der Waals surface area (Å²) in [6, 6.07) is 11.4. The van der Waals surface area contributed by atoms with Crippen LogP contribution in [0.4, 0.5) is 10.1 Å². The molecule has 1 atom stereocenters. The molecular formula is C30H27FN8O3S. The van der Waals surface area contributed by atoms with Crippen LogP contribution in [0.5, 0.6) is 0 Å². The van der Waals surface area contributed by atoms with Gasteiger partial charge in [-0.25, -0.2) is 17.8 Å². The number of nitrogens with one attached hydrogen (secondary N) is 3. The van der Waals surface area contributed by atoms with Crippen LogP contribution >= 0.6 is 0 Å². The summed E-state index contributed by atoms with van der Waals surface area (Å²) in [6.45, 7) is 1.94. The van der Waals surface area contributed by atoms with Crippen LogP contribution in [0, 0.1) is 5.82 Å². The molecule has 11 nitrogen and oxygen atoms in total. The number of benzene rings is 1. The van der Waals surface area contributed by atoms with E-state index in [2.05, 4.69) is 35.5 Å². The second-order valence-electron chi connectivity index (χ2n) is 10.3. The fourth-order valence-electron chi connectivity index (χ4n) is 4.96. The molecule has 0 radical (unpaired) electrons. The maximum Gasteiger partial charge on any atom is 0.224 e. The molecule has 5 heterocycles. The highest BCUT2D eigenvalue weighted by Crippen LogP contribution is 2.35. The van der Waals surface area contributed by atoms with Crippen molar-refractivity contribution in [3.63, 3.8) is 0 Å². The standard InChI is InChI=1S/C30H27FN8O3S/c1-3-4-26(40)36-21-10-18(13-33-15-21)19-11-23-28(38-39-30(23)35-14-19)25-12-22-24(37-25)5-6-34-27(22)16-7-17(9-20(31)8-16)29(32)43(2,41)42/h5-15,29,37H,3-4,32H2,1-2H3,(H,36,40)(H,35,38,39). The SMILES string of the molecule is CCCC(=O)Nc1cncc(-c2cnc3n[nH]c(-c4cc5c(-c6cc(F)cc(C(N)S(C)(=O)=O)c6)nccc5[nH]4)c3c2)c1. The number of fused-ring (bicyclic) bond motifs is 2. The third kappa shape index (κ3) is 5.59. The van der Waals surface area contributed by atoms with E-state index in [1.54, 1.807) is 30.9 Å². The Hall–Kier alpha value is -5.01. The molecule has 5 N–H and O–H groups in total. The molecule has 1 amide bonds. The molecule has 1 unspecified atom stereocenters. The first-order chi connectivity index (χ1) is 20.6. The topological polar surface area (TPSA) is 172 Å². The Bertz CT molecular complexity index is 2120. The number of hydrogen-bond acceptors (Lipinski definition) is 8. The Balaban J connectivity index is 1.40. The maximum atomic E-state index is 14.6. The van der Waals surface area contributed by atoms with Gasteiger partial charge < -0.3 is 16.0 Å². The zero-order valence-corrected chi connectivity index (χ0v) is 24.0. The number of sulfone groups is 1. The number of aromatic amines is 2. The van der Waals surface area contributed by atoms with Gasteiger partial charge in [0.1, 0.15) is 11.2 Å². The van der Waals surface area contributed by atoms with Crippen LogP contribution in [0.15, 0.2) is 67.3 Å². The average Bonchev–Trinajstić information content (AvgIpc) is 3.60. The number of pyridine rings is 3. The lowest BCUT2D eigenvalue weighted by Gasteiger charge is -2.12. The minimum atomic E-state index is -3.65. The molecule has 6 rings (SSSR count). The summed E-state index contributed by atoms with van der Waals surface area (Å²) in [5.41, 5.74) is 11.6. The molecule has 6 aromatic rings. The summed E-state index contributed by atoms with van der Waals surface area (Å²) in [5.74, 6) is -0.699. The van der Waals surface area contributed by atoms with Gasteiger partial charge in [0.2, 0.25) is 5.91 Å². The maximum absolute atomic E-state index is 14.6. The molecule has 1 aromatic carbocycles. The highest BCUT2D eigenvalue weighted by atomic mass is 32.2. The number of carbonyl (C=O) groups excluding carboxylic acids is 1. The number of aromatic nitrogens is 6. The van der Waals surface area contributed by atoms with Crippen LogP contribution in [0.25, 0.3) is 55.7 Å². The van der Waals surface area contributed by atoms with Crippen LogP contribution in [0.1, 0.15) is 30.7 Å². The number of nitrogens with zero attached hydrogens (tertiary/aromatic N) is 4. The molecule has 0 aliphatic heterocycles. The predicted molar refractivity (Wildman–Crippen MR) is 163 cm³/mol. The van der Waals surface area contributed by atoms with E-state index in [1.165, 1.54) is 12.1 Å². The summed E-state index contributed by atoms with van der Waals surface area (Å²) < 4.78 is 38.7. The lowest BCUT2D eigenvalue weighted by atomic mass is 10.0. The second kappa shape index (κ2) is 11.0. The molecule has 13 heteroatoms. The highest BCUT2D eigenvalue weighted by Gasteiger charge is 2.21. The van der Waals surface area contributed by atoms with E-state index in [-0.39, 0.29) is 11.5 Å². The first-order valence-corrected chi connectivity index (χ1v) is 15.4. The van der Waals surface area contributed by atoms with Gasteiger partial charge >= 0.3 is 0 Å². The largest absolute Gasteiger partial charge is 0.353 e. The molecule has 43 heavy (non-hydrogen) atoms. The van der Waals surface area contributed by atoms with Gasteiger partial charge in [-0.3, -0.25) is 19.9 Å². The van der Waals surface area contributed by atoms with E-state index in [1.807, 2.05) is 25.1 Å². The second-order valence-corrected chi connectivity index (χ2v) is 12.4. The Kier molecular flexibility index (Phi) is 7.20. The first-order valence-electron chi connectivity index (χ1n) is 13.4. The third-order valence-corrected chi connectivity index (χ3v) is 8.24. The van der Waals surface area contributed by atoms with E-state index in [4.69, 9.17) is 5.73 Å². The van der Waals surface area contributed by atoms with Crippen LogP contribution in [0.2, 0.25) is 0 Å². The smallest absolute Gasteiger partial charge is 0.224 e. The fourth-order valence-corrected chi connectivity index (χ4v) is 5.59. The number of carbonyl (C=O) groups is 1. The number of anilines is 1. The number of H-pyrrole nitrogens is 2. The van der Waals surface area contributed by atoms with Crippen molar-refractivity contribution in [3.8, 4) is 33.8 Å². The summed E-state index contributed by atoms with van der Waals surface area (Å²) in [5, 5.41) is 10.3. The molecule has 0 aliphatic carbocycles. The van der Waals surface area contributed by atoms with Crippen LogP contribution < -0.4 is 11.1 Å². The number of rotatable bonds is 8. The number of amides is 1. The average molecular weight is 599 g/mol. The van der Waals surface area contributed by atoms with Crippen LogP contribution in [0.3, 0.4) is 0 Å². The molecule has 218 valence electrons. The van der Waals surface area contributed by atoms with E-state index < -0.39 is 21.0 Å². The fraction of sp³-hybridized carbons (Fsp3) is 0.167. The number of halogens is 1. The summed E-state index contributed by atoms with van der Waals surface area (Å²) in [7, 11) is -3.65. The third-order valence-electron chi connectivity index (χ3n) is 7.04. The minimum absolute atomic E-state index is 0.0764. The lowest BCUT2D eigenvalue weighted by molar-refractivity contribution is -0.116. The normalized spacial score (nSPS) is 12.6. The monoisotopic (exact) mass is 598 g/mol. The van der Waals surface area contributed by atoms with Gasteiger partial charge in [0.05, 0.1) is 29.0 Å². The summed E-state index contributed by atoms with van der Waals surface area (Å²) in [6.07, 6.45) is 8.75. The Morgan fingerprint density at radius 3 is 2.63 bits per heavy atom. The molecule has 0 aliphatic rings. The van der Waals surface area contributed by atoms with Crippen LogP contribution in [-0.2, 0) is 14.6 Å². The summed E-state index contributed by atoms with van der Waals surface area (Å²) in [4.78, 5) is 28.7. The van der Waals surface area contributed by atoms with Gasteiger partial charge in [-0.1, -0.05) is 6.92 Å². The molecular weight excluding hydrogens is 571 g/mol. The van der Waals surface area contributed by atoms with Gasteiger partial charge in [0.25, 0.3) is 0 Å². The van der Waals surface area contributed by atoms with E-state index >= 15 is 0 Å². The van der Waals surface area contributed by atoms with Crippen LogP contribution in [-0.4, -0.2) is 50.7 Å². The minimum Gasteiger partial charge on any atom is -0.353 e. The molecule has 5 aromatic heterocycles. The number of nitrogens with two attached hydrogens (primary N) is 1. The number of hydrogen-bond donors (Lipinski definition) is 4. The molecule has 0 saturated carbocycles. The molecule has 0 saturated heterocycles. The van der Waals surface area contributed by atoms with E-state index in [0.29, 0.717) is 45.8 Å². The first kappa shape index (κ1) is 28.1. The summed E-state index contributed by atoms with van der Waals surface area (Å²) >= 11 is 0. The van der Waals surface area contributed by atoms with Gasteiger partial charge in [0.15, 0.2) is 15.5 Å². The van der Waals surface area contributed by atoms with Gasteiger partial charge in [-0.05, 0) is 54.4 Å². The van der Waals surface area contributed by atoms with Crippen molar-refractivity contribution in [2.75, 3.05) is 11.6 Å². The van der Waals surface area contributed by atoms with Gasteiger partial charge in [0, 0.05) is 64.2 Å². The predicted octanol–water partition coefficient (Wildman–Crippen LogP) is 5.11. The van der Waals surface area contributed by atoms with Crippen molar-refractivity contribution in [1.29, 1.82) is 0 Å². The van der Waals surface area contributed by atoms with Crippen molar-refractivity contribution >= 4 is 43.4 Å². The Morgan fingerprint density at radius 1 is 1.02 bits per heavy atom. The van der Waals surface area contributed by atoms with Crippen molar-refractivity contribution in [1.82, 2.24) is 30.1 Å². The molecule has 0 spiro atoms. The van der Waals surface area contributed by atoms with E-state index in [9.17, 15) is 17.6 Å². The quantitative estimate of drug-likeness (QED) is 0.187. The molecule has 0 fully saturated rings. The van der Waals surface area contributed by atoms with Crippen molar-refractivity contribution in [2.24, 2.45) is 5.73 Å².